The van der Waals surface area contributed by atoms with E-state index in [0.717, 1.165) is 39.3 Å². The van der Waals surface area contributed by atoms with E-state index >= 15 is 0 Å². The summed E-state index contributed by atoms with van der Waals surface area (Å²) in [7, 11) is 1.60. The van der Waals surface area contributed by atoms with Crippen molar-refractivity contribution in [1.82, 2.24) is 19.4 Å². The Balaban J connectivity index is 1.53. The van der Waals surface area contributed by atoms with Crippen LogP contribution in [-0.2, 0) is 6.54 Å². The Morgan fingerprint density at radius 1 is 1.17 bits per heavy atom. The number of amides is 1. The minimum Gasteiger partial charge on any atom is -0.496 e. The van der Waals surface area contributed by atoms with Crippen LogP contribution in [-0.4, -0.2) is 65.1 Å². The summed E-state index contributed by atoms with van der Waals surface area (Å²) in [5.74, 6) is 0.691. The quantitative estimate of drug-likeness (QED) is 0.836. The number of methoxy groups -OCH3 is 1. The summed E-state index contributed by atoms with van der Waals surface area (Å²) in [6.45, 7) is 5.21. The van der Waals surface area contributed by atoms with Crippen LogP contribution in [0.5, 0.6) is 5.75 Å². The molecule has 1 aliphatic rings. The molecule has 122 valence electrons. The van der Waals surface area contributed by atoms with Gasteiger partial charge in [-0.05, 0) is 12.1 Å². The van der Waals surface area contributed by atoms with Crippen molar-refractivity contribution in [3.05, 3.63) is 48.5 Å². The Kier molecular flexibility index (Phi) is 4.92. The van der Waals surface area contributed by atoms with Gasteiger partial charge in [0, 0.05) is 51.7 Å². The third-order valence-electron chi connectivity index (χ3n) is 4.23. The first-order valence-electron chi connectivity index (χ1n) is 7.88. The summed E-state index contributed by atoms with van der Waals surface area (Å²) in [6, 6.07) is 7.40. The van der Waals surface area contributed by atoms with E-state index in [0.29, 0.717) is 11.3 Å². The first-order chi connectivity index (χ1) is 11.3. The van der Waals surface area contributed by atoms with Crippen LogP contribution < -0.4 is 4.74 Å². The number of aromatic nitrogens is 2. The molecule has 6 heteroatoms. The van der Waals surface area contributed by atoms with Crippen LogP contribution in [0.15, 0.2) is 43.0 Å². The molecule has 23 heavy (non-hydrogen) atoms. The molecule has 0 unspecified atom stereocenters. The molecule has 1 saturated heterocycles. The Morgan fingerprint density at radius 2 is 1.96 bits per heavy atom. The number of para-hydroxylation sites is 1. The van der Waals surface area contributed by atoms with E-state index < -0.39 is 0 Å². The Morgan fingerprint density at radius 3 is 2.65 bits per heavy atom. The van der Waals surface area contributed by atoms with Gasteiger partial charge < -0.3 is 14.2 Å². The molecular formula is C17H22N4O2. The van der Waals surface area contributed by atoms with Crippen molar-refractivity contribution in [2.45, 2.75) is 6.54 Å². The van der Waals surface area contributed by atoms with Crippen LogP contribution in [0.1, 0.15) is 10.4 Å². The third-order valence-corrected chi connectivity index (χ3v) is 4.23. The number of carbonyl (C=O) groups excluding carboxylic acids is 1. The average molecular weight is 314 g/mol. The average Bonchev–Trinajstić information content (AvgIpc) is 3.13. The van der Waals surface area contributed by atoms with Crippen molar-refractivity contribution < 1.29 is 9.53 Å². The lowest BCUT2D eigenvalue weighted by Crippen LogP contribution is -2.49. The minimum absolute atomic E-state index is 0.0525. The summed E-state index contributed by atoms with van der Waals surface area (Å²) in [5, 5.41) is 0. The van der Waals surface area contributed by atoms with Gasteiger partial charge in [0.05, 0.1) is 19.0 Å². The minimum atomic E-state index is 0.0525. The maximum Gasteiger partial charge on any atom is 0.257 e. The topological polar surface area (TPSA) is 50.6 Å². The fourth-order valence-corrected chi connectivity index (χ4v) is 2.84. The SMILES string of the molecule is COc1ccccc1C(=O)N1CCN(CCn2ccnc2)CC1. The third kappa shape index (κ3) is 3.71. The standard InChI is InChI=1S/C17H22N4O2/c1-23-16-5-3-2-4-15(16)17(22)21-12-10-19(11-13-21)8-9-20-7-6-18-14-20/h2-7,14H,8-13H2,1H3. The number of rotatable bonds is 5. The predicted octanol–water partition coefficient (Wildman–Crippen LogP) is 1.35. The summed E-state index contributed by atoms with van der Waals surface area (Å²) in [6.07, 6.45) is 5.60. The molecule has 0 bridgehead atoms. The van der Waals surface area contributed by atoms with E-state index in [2.05, 4.69) is 14.5 Å². The van der Waals surface area contributed by atoms with Crippen LogP contribution in [0.4, 0.5) is 0 Å². The van der Waals surface area contributed by atoms with Crippen molar-refractivity contribution in [2.75, 3.05) is 39.8 Å². The molecule has 6 nitrogen and oxygen atoms in total. The van der Waals surface area contributed by atoms with E-state index in [9.17, 15) is 4.79 Å². The molecular weight excluding hydrogens is 292 g/mol. The lowest BCUT2D eigenvalue weighted by molar-refractivity contribution is 0.0630. The molecule has 1 amide bonds. The molecule has 0 N–H and O–H groups in total. The molecule has 1 aromatic carbocycles. The molecule has 1 aliphatic heterocycles. The fraction of sp³-hybridized carbons (Fsp3) is 0.412. The van der Waals surface area contributed by atoms with Gasteiger partial charge in [-0.15, -0.1) is 0 Å². The lowest BCUT2D eigenvalue weighted by Gasteiger charge is -2.35. The van der Waals surface area contributed by atoms with E-state index in [1.165, 1.54) is 0 Å². The second-order valence-electron chi connectivity index (χ2n) is 5.63. The number of piperazine rings is 1. The Bertz CT molecular complexity index is 634. The molecule has 2 heterocycles. The highest BCUT2D eigenvalue weighted by Gasteiger charge is 2.23. The number of nitrogens with zero attached hydrogens (tertiary/aromatic N) is 4. The molecule has 0 radical (unpaired) electrons. The van der Waals surface area contributed by atoms with Gasteiger partial charge in [-0.1, -0.05) is 12.1 Å². The maximum atomic E-state index is 12.6. The second kappa shape index (κ2) is 7.28. The number of carbonyl (C=O) groups is 1. The molecule has 3 rings (SSSR count). The van der Waals surface area contributed by atoms with E-state index in [1.807, 2.05) is 41.7 Å². The molecule has 1 aromatic heterocycles. The number of hydrogen-bond donors (Lipinski definition) is 0. The summed E-state index contributed by atoms with van der Waals surface area (Å²) < 4.78 is 7.37. The fourth-order valence-electron chi connectivity index (χ4n) is 2.84. The van der Waals surface area contributed by atoms with Crippen molar-refractivity contribution in [2.24, 2.45) is 0 Å². The Hall–Kier alpha value is -2.34. The molecule has 0 aliphatic carbocycles. The first-order valence-corrected chi connectivity index (χ1v) is 7.88. The van der Waals surface area contributed by atoms with Crippen LogP contribution in [0, 0.1) is 0 Å². The van der Waals surface area contributed by atoms with Crippen LogP contribution in [0.3, 0.4) is 0 Å². The predicted molar refractivity (Wildman–Crippen MR) is 87.6 cm³/mol. The monoisotopic (exact) mass is 314 g/mol. The number of hydrogen-bond acceptors (Lipinski definition) is 4. The van der Waals surface area contributed by atoms with Crippen LogP contribution in [0.25, 0.3) is 0 Å². The molecule has 0 spiro atoms. The zero-order valence-corrected chi connectivity index (χ0v) is 13.4. The van der Waals surface area contributed by atoms with Gasteiger partial charge in [0.15, 0.2) is 0 Å². The maximum absolute atomic E-state index is 12.6. The highest BCUT2D eigenvalue weighted by molar-refractivity contribution is 5.97. The van der Waals surface area contributed by atoms with E-state index in [4.69, 9.17) is 4.74 Å². The number of imidazole rings is 1. The second-order valence-corrected chi connectivity index (χ2v) is 5.63. The van der Waals surface area contributed by atoms with Gasteiger partial charge in [-0.2, -0.15) is 0 Å². The number of ether oxygens (including phenoxy) is 1. The smallest absolute Gasteiger partial charge is 0.257 e. The van der Waals surface area contributed by atoms with Gasteiger partial charge in [0.1, 0.15) is 5.75 Å². The largest absolute Gasteiger partial charge is 0.496 e. The summed E-state index contributed by atoms with van der Waals surface area (Å²) in [4.78, 5) is 21.0. The molecule has 0 saturated carbocycles. The van der Waals surface area contributed by atoms with Gasteiger partial charge in [0.2, 0.25) is 0 Å². The zero-order valence-electron chi connectivity index (χ0n) is 13.4. The van der Waals surface area contributed by atoms with Crippen LogP contribution >= 0.6 is 0 Å². The highest BCUT2D eigenvalue weighted by Crippen LogP contribution is 2.20. The molecule has 2 aromatic rings. The zero-order chi connectivity index (χ0) is 16.1. The van der Waals surface area contributed by atoms with Crippen molar-refractivity contribution in [1.29, 1.82) is 0 Å². The number of benzene rings is 1. The van der Waals surface area contributed by atoms with Gasteiger partial charge in [-0.25, -0.2) is 4.98 Å². The van der Waals surface area contributed by atoms with Crippen LogP contribution in [0.2, 0.25) is 0 Å². The summed E-state index contributed by atoms with van der Waals surface area (Å²) >= 11 is 0. The normalized spacial score (nSPS) is 15.6. The van der Waals surface area contributed by atoms with E-state index in [-0.39, 0.29) is 5.91 Å². The Labute approximate surface area is 136 Å². The van der Waals surface area contributed by atoms with Crippen molar-refractivity contribution >= 4 is 5.91 Å². The van der Waals surface area contributed by atoms with Crippen molar-refractivity contribution in [3.8, 4) is 5.75 Å². The van der Waals surface area contributed by atoms with E-state index in [1.54, 1.807) is 13.3 Å². The molecule has 1 fully saturated rings. The van der Waals surface area contributed by atoms with Crippen molar-refractivity contribution in [3.63, 3.8) is 0 Å². The first kappa shape index (κ1) is 15.6. The lowest BCUT2D eigenvalue weighted by atomic mass is 10.1. The highest BCUT2D eigenvalue weighted by atomic mass is 16.5. The van der Waals surface area contributed by atoms with Gasteiger partial charge in [0.25, 0.3) is 5.91 Å². The van der Waals surface area contributed by atoms with Gasteiger partial charge >= 0.3 is 0 Å². The summed E-state index contributed by atoms with van der Waals surface area (Å²) in [5.41, 5.74) is 0.641. The molecule has 0 atom stereocenters. The van der Waals surface area contributed by atoms with Gasteiger partial charge in [-0.3, -0.25) is 9.69 Å².